The Bertz CT molecular complexity index is 877. The maximum absolute atomic E-state index is 12.5. The topological polar surface area (TPSA) is 61.8 Å². The molecule has 0 unspecified atom stereocenters. The Kier molecular flexibility index (Phi) is 6.27. The normalized spacial score (nSPS) is 17.8. The second-order valence-electron chi connectivity index (χ2n) is 6.98. The highest BCUT2D eigenvalue weighted by Crippen LogP contribution is 2.19. The molecule has 7 nitrogen and oxygen atoms in total. The zero-order valence-electron chi connectivity index (χ0n) is 16.2. The first kappa shape index (κ1) is 19.7. The third-order valence-electron chi connectivity index (χ3n) is 5.15. The molecule has 0 bridgehead atoms. The van der Waals surface area contributed by atoms with Crippen molar-refractivity contribution in [3.8, 4) is 0 Å². The summed E-state index contributed by atoms with van der Waals surface area (Å²) in [6, 6.07) is 9.42. The Hall–Kier alpha value is -2.64. The Morgan fingerprint density at radius 3 is 2.52 bits per heavy atom. The van der Waals surface area contributed by atoms with Gasteiger partial charge in [0.05, 0.1) is 13.2 Å². The molecule has 2 aliphatic rings. The SMILES string of the molecule is O=C(/C=C/c1ccccc1Cl)N1CCN(c2ccnc(N3CCOCC3)n2)CC1. The number of nitrogens with zero attached hydrogens (tertiary/aromatic N) is 5. The van der Waals surface area contributed by atoms with Crippen LogP contribution in [0, 0.1) is 0 Å². The van der Waals surface area contributed by atoms with Gasteiger partial charge in [0.15, 0.2) is 0 Å². The van der Waals surface area contributed by atoms with Crippen molar-refractivity contribution in [3.63, 3.8) is 0 Å². The lowest BCUT2D eigenvalue weighted by Gasteiger charge is -2.35. The van der Waals surface area contributed by atoms with E-state index in [2.05, 4.69) is 14.8 Å². The number of morpholine rings is 1. The van der Waals surface area contributed by atoms with Crippen LogP contribution in [0.1, 0.15) is 5.56 Å². The molecule has 0 spiro atoms. The predicted octanol–water partition coefficient (Wildman–Crippen LogP) is 2.33. The van der Waals surface area contributed by atoms with E-state index in [1.54, 1.807) is 18.3 Å². The van der Waals surface area contributed by atoms with Crippen molar-refractivity contribution in [2.45, 2.75) is 0 Å². The van der Waals surface area contributed by atoms with Gasteiger partial charge in [0.1, 0.15) is 5.82 Å². The summed E-state index contributed by atoms with van der Waals surface area (Å²) in [6.07, 6.45) is 5.17. The molecule has 2 aliphatic heterocycles. The molecule has 2 fully saturated rings. The van der Waals surface area contributed by atoms with Crippen LogP contribution in [0.3, 0.4) is 0 Å². The number of anilines is 2. The number of amides is 1. The minimum absolute atomic E-state index is 0.00117. The molecular weight excluding hydrogens is 390 g/mol. The van der Waals surface area contributed by atoms with E-state index in [1.807, 2.05) is 35.2 Å². The number of halogens is 1. The minimum atomic E-state index is 0.00117. The zero-order chi connectivity index (χ0) is 20.1. The van der Waals surface area contributed by atoms with Gasteiger partial charge < -0.3 is 19.4 Å². The molecule has 2 saturated heterocycles. The van der Waals surface area contributed by atoms with Gasteiger partial charge in [0.2, 0.25) is 11.9 Å². The molecule has 0 saturated carbocycles. The molecule has 0 radical (unpaired) electrons. The molecular formula is C21H24ClN5O2. The van der Waals surface area contributed by atoms with Crippen LogP contribution >= 0.6 is 11.6 Å². The summed E-state index contributed by atoms with van der Waals surface area (Å²) < 4.78 is 5.40. The summed E-state index contributed by atoms with van der Waals surface area (Å²) in [7, 11) is 0. The highest BCUT2D eigenvalue weighted by molar-refractivity contribution is 6.32. The number of hydrogen-bond acceptors (Lipinski definition) is 6. The summed E-state index contributed by atoms with van der Waals surface area (Å²) >= 11 is 6.14. The third-order valence-corrected chi connectivity index (χ3v) is 5.49. The van der Waals surface area contributed by atoms with E-state index in [0.717, 1.165) is 43.5 Å². The van der Waals surface area contributed by atoms with Crippen molar-refractivity contribution in [3.05, 3.63) is 53.2 Å². The van der Waals surface area contributed by atoms with E-state index in [0.29, 0.717) is 31.3 Å². The molecule has 0 aliphatic carbocycles. The summed E-state index contributed by atoms with van der Waals surface area (Å²) in [5, 5.41) is 0.640. The van der Waals surface area contributed by atoms with Crippen LogP contribution in [0.5, 0.6) is 0 Å². The van der Waals surface area contributed by atoms with Gasteiger partial charge in [-0.2, -0.15) is 4.98 Å². The molecule has 0 N–H and O–H groups in total. The molecule has 4 rings (SSSR count). The summed E-state index contributed by atoms with van der Waals surface area (Å²) in [5.74, 6) is 1.65. The average Bonchev–Trinajstić information content (AvgIpc) is 2.79. The largest absolute Gasteiger partial charge is 0.378 e. The van der Waals surface area contributed by atoms with Crippen LogP contribution in [0.25, 0.3) is 6.08 Å². The van der Waals surface area contributed by atoms with Gasteiger partial charge in [0.25, 0.3) is 0 Å². The first-order valence-corrected chi connectivity index (χ1v) is 10.2. The lowest BCUT2D eigenvalue weighted by atomic mass is 10.2. The quantitative estimate of drug-likeness (QED) is 0.717. The smallest absolute Gasteiger partial charge is 0.246 e. The molecule has 8 heteroatoms. The van der Waals surface area contributed by atoms with E-state index < -0.39 is 0 Å². The number of piperazine rings is 1. The van der Waals surface area contributed by atoms with E-state index >= 15 is 0 Å². The number of carbonyl (C=O) groups is 1. The molecule has 152 valence electrons. The van der Waals surface area contributed by atoms with Crippen molar-refractivity contribution in [1.29, 1.82) is 0 Å². The number of carbonyl (C=O) groups excluding carboxylic acids is 1. The number of aromatic nitrogens is 2. The van der Waals surface area contributed by atoms with Gasteiger partial charge in [-0.1, -0.05) is 29.8 Å². The predicted molar refractivity (Wildman–Crippen MR) is 114 cm³/mol. The van der Waals surface area contributed by atoms with Crippen molar-refractivity contribution in [1.82, 2.24) is 14.9 Å². The third kappa shape index (κ3) is 4.86. The van der Waals surface area contributed by atoms with Crippen LogP contribution in [0.15, 0.2) is 42.6 Å². The molecule has 0 atom stereocenters. The minimum Gasteiger partial charge on any atom is -0.378 e. The van der Waals surface area contributed by atoms with Gasteiger partial charge >= 0.3 is 0 Å². The Morgan fingerprint density at radius 2 is 1.76 bits per heavy atom. The lowest BCUT2D eigenvalue weighted by Crippen LogP contribution is -2.48. The lowest BCUT2D eigenvalue weighted by molar-refractivity contribution is -0.126. The standard InChI is InChI=1S/C21H24ClN5O2/c22-18-4-2-1-3-17(18)5-6-20(28)26-11-9-25(10-12-26)19-7-8-23-21(24-19)27-13-15-29-16-14-27/h1-8H,9-16H2/b6-5+. The van der Waals surface area contributed by atoms with Gasteiger partial charge in [-0.15, -0.1) is 0 Å². The van der Waals surface area contributed by atoms with Crippen molar-refractivity contribution < 1.29 is 9.53 Å². The molecule has 1 aromatic heterocycles. The van der Waals surface area contributed by atoms with Gasteiger partial charge in [0, 0.05) is 56.6 Å². The van der Waals surface area contributed by atoms with Crippen LogP contribution in [0.2, 0.25) is 5.02 Å². The Balaban J connectivity index is 1.34. The van der Waals surface area contributed by atoms with Crippen LogP contribution < -0.4 is 9.80 Å². The first-order chi connectivity index (χ1) is 14.2. The molecule has 1 aromatic carbocycles. The van der Waals surface area contributed by atoms with Crippen molar-refractivity contribution >= 4 is 35.4 Å². The van der Waals surface area contributed by atoms with E-state index in [-0.39, 0.29) is 5.91 Å². The monoisotopic (exact) mass is 413 g/mol. The maximum atomic E-state index is 12.5. The molecule has 1 amide bonds. The highest BCUT2D eigenvalue weighted by Gasteiger charge is 2.22. The van der Waals surface area contributed by atoms with Crippen LogP contribution in [-0.4, -0.2) is 73.3 Å². The Morgan fingerprint density at radius 1 is 1.00 bits per heavy atom. The Labute approximate surface area is 175 Å². The van der Waals surface area contributed by atoms with E-state index in [9.17, 15) is 4.79 Å². The number of ether oxygens (including phenoxy) is 1. The van der Waals surface area contributed by atoms with Gasteiger partial charge in [-0.3, -0.25) is 4.79 Å². The van der Waals surface area contributed by atoms with Crippen molar-refractivity contribution in [2.75, 3.05) is 62.3 Å². The molecule has 29 heavy (non-hydrogen) atoms. The summed E-state index contributed by atoms with van der Waals surface area (Å²) in [6.45, 7) is 5.82. The molecule has 3 heterocycles. The second kappa shape index (κ2) is 9.24. The number of rotatable bonds is 4. The fourth-order valence-corrected chi connectivity index (χ4v) is 3.66. The zero-order valence-corrected chi connectivity index (χ0v) is 17.0. The van der Waals surface area contributed by atoms with E-state index in [4.69, 9.17) is 21.3 Å². The van der Waals surface area contributed by atoms with Crippen LogP contribution in [-0.2, 0) is 9.53 Å². The first-order valence-electron chi connectivity index (χ1n) is 9.83. The highest BCUT2D eigenvalue weighted by atomic mass is 35.5. The fourth-order valence-electron chi connectivity index (χ4n) is 3.46. The summed E-state index contributed by atoms with van der Waals surface area (Å²) in [4.78, 5) is 27.9. The maximum Gasteiger partial charge on any atom is 0.246 e. The second-order valence-corrected chi connectivity index (χ2v) is 7.39. The summed E-state index contributed by atoms with van der Waals surface area (Å²) in [5.41, 5.74) is 0.845. The fraction of sp³-hybridized carbons (Fsp3) is 0.381. The van der Waals surface area contributed by atoms with Gasteiger partial charge in [-0.25, -0.2) is 4.98 Å². The van der Waals surface area contributed by atoms with Crippen LogP contribution in [0.4, 0.5) is 11.8 Å². The number of hydrogen-bond donors (Lipinski definition) is 0. The van der Waals surface area contributed by atoms with Gasteiger partial charge in [-0.05, 0) is 23.8 Å². The average molecular weight is 414 g/mol. The van der Waals surface area contributed by atoms with Crippen molar-refractivity contribution in [2.24, 2.45) is 0 Å². The molecule has 2 aromatic rings. The number of benzene rings is 1. The van der Waals surface area contributed by atoms with E-state index in [1.165, 1.54) is 0 Å².